The van der Waals surface area contributed by atoms with Crippen molar-refractivity contribution in [1.82, 2.24) is 0 Å². The molecular formula is C14H14N3O4+. The number of ether oxygens (including phenoxy) is 2. The summed E-state index contributed by atoms with van der Waals surface area (Å²) in [6.07, 6.45) is 1.41. The fourth-order valence-corrected chi connectivity index (χ4v) is 2.10. The van der Waals surface area contributed by atoms with E-state index in [1.54, 1.807) is 12.3 Å². The number of anilines is 1. The van der Waals surface area contributed by atoms with Crippen LogP contribution in [0, 0.1) is 10.1 Å². The van der Waals surface area contributed by atoms with Crippen LogP contribution >= 0.6 is 0 Å². The van der Waals surface area contributed by atoms with Gasteiger partial charge in [0.1, 0.15) is 13.2 Å². The van der Waals surface area contributed by atoms with E-state index in [9.17, 15) is 10.1 Å². The summed E-state index contributed by atoms with van der Waals surface area (Å²) in [6, 6.07) is 10.4. The Hall–Kier alpha value is -2.83. The van der Waals surface area contributed by atoms with Gasteiger partial charge in [-0.15, -0.1) is 0 Å². The van der Waals surface area contributed by atoms with E-state index in [4.69, 9.17) is 9.47 Å². The van der Waals surface area contributed by atoms with Crippen molar-refractivity contribution in [3.05, 3.63) is 52.7 Å². The van der Waals surface area contributed by atoms with Gasteiger partial charge in [0, 0.05) is 6.07 Å². The fourth-order valence-electron chi connectivity index (χ4n) is 2.10. The number of aromatic amines is 1. The molecule has 0 aliphatic carbocycles. The van der Waals surface area contributed by atoms with Crippen LogP contribution in [0.25, 0.3) is 0 Å². The quantitative estimate of drug-likeness (QED) is 0.683. The lowest BCUT2D eigenvalue weighted by Gasteiger charge is -2.25. The van der Waals surface area contributed by atoms with Gasteiger partial charge in [0.2, 0.25) is 0 Å². The number of aromatic nitrogens is 1. The number of para-hydroxylation sites is 2. The highest BCUT2D eigenvalue weighted by atomic mass is 16.6. The topological polar surface area (TPSA) is 87.8 Å². The molecule has 0 saturated heterocycles. The summed E-state index contributed by atoms with van der Waals surface area (Å²) in [5, 5.41) is 13.9. The number of benzene rings is 1. The van der Waals surface area contributed by atoms with Crippen LogP contribution < -0.4 is 19.8 Å². The number of nitrogens with one attached hydrogen (secondary N) is 2. The summed E-state index contributed by atoms with van der Waals surface area (Å²) in [5.74, 6) is 1.75. The molecule has 1 atom stereocenters. The molecule has 0 radical (unpaired) electrons. The van der Waals surface area contributed by atoms with Gasteiger partial charge in [-0.1, -0.05) is 12.1 Å². The summed E-state index contributed by atoms with van der Waals surface area (Å²) in [5.41, 5.74) is -0.00497. The number of H-pyrrole nitrogens is 1. The van der Waals surface area contributed by atoms with Gasteiger partial charge in [-0.05, 0) is 18.2 Å². The van der Waals surface area contributed by atoms with Gasteiger partial charge in [-0.3, -0.25) is 15.4 Å². The molecule has 1 aliphatic heterocycles. The second kappa shape index (κ2) is 5.66. The summed E-state index contributed by atoms with van der Waals surface area (Å²) in [6.45, 7) is 0.792. The van der Waals surface area contributed by atoms with Crippen molar-refractivity contribution in [3.8, 4) is 11.5 Å². The van der Waals surface area contributed by atoms with E-state index >= 15 is 0 Å². The molecule has 0 amide bonds. The van der Waals surface area contributed by atoms with Crippen molar-refractivity contribution in [1.29, 1.82) is 0 Å². The third kappa shape index (κ3) is 2.86. The summed E-state index contributed by atoms with van der Waals surface area (Å²) in [4.78, 5) is 13.3. The molecule has 2 aromatic rings. The molecule has 0 spiro atoms. The van der Waals surface area contributed by atoms with Gasteiger partial charge < -0.3 is 9.47 Å². The fraction of sp³-hybridized carbons (Fsp3) is 0.214. The molecule has 21 heavy (non-hydrogen) atoms. The Bertz CT molecular complexity index is 662. The van der Waals surface area contributed by atoms with E-state index in [0.29, 0.717) is 30.5 Å². The Labute approximate surface area is 120 Å². The molecular weight excluding hydrogens is 274 g/mol. The molecule has 7 nitrogen and oxygen atoms in total. The van der Waals surface area contributed by atoms with Gasteiger partial charge in [0.15, 0.2) is 17.6 Å². The minimum Gasteiger partial charge on any atom is -0.486 e. The molecule has 1 aliphatic rings. The van der Waals surface area contributed by atoms with E-state index in [2.05, 4.69) is 10.3 Å². The summed E-state index contributed by atoms with van der Waals surface area (Å²) >= 11 is 0. The first-order valence-electron chi connectivity index (χ1n) is 6.51. The highest BCUT2D eigenvalue weighted by Crippen LogP contribution is 2.31. The zero-order valence-electron chi connectivity index (χ0n) is 11.1. The van der Waals surface area contributed by atoms with Crippen LogP contribution in [0.2, 0.25) is 0 Å². The van der Waals surface area contributed by atoms with Crippen LogP contribution in [0.4, 0.5) is 11.5 Å². The first-order chi connectivity index (χ1) is 10.2. The molecule has 2 heterocycles. The number of pyridine rings is 1. The van der Waals surface area contributed by atoms with Crippen LogP contribution in [0.5, 0.6) is 11.5 Å². The molecule has 1 aromatic carbocycles. The predicted molar refractivity (Wildman–Crippen MR) is 74.5 cm³/mol. The van der Waals surface area contributed by atoms with Crippen molar-refractivity contribution in [2.45, 2.75) is 6.10 Å². The van der Waals surface area contributed by atoms with E-state index in [0.717, 1.165) is 0 Å². The Morgan fingerprint density at radius 1 is 1.29 bits per heavy atom. The third-order valence-corrected chi connectivity index (χ3v) is 3.10. The number of hydrogen-bond acceptors (Lipinski definition) is 5. The van der Waals surface area contributed by atoms with Crippen LogP contribution in [0.1, 0.15) is 0 Å². The largest absolute Gasteiger partial charge is 0.486 e. The van der Waals surface area contributed by atoms with E-state index < -0.39 is 4.92 Å². The lowest BCUT2D eigenvalue weighted by Crippen LogP contribution is -2.36. The van der Waals surface area contributed by atoms with Gasteiger partial charge in [-0.2, -0.15) is 0 Å². The molecule has 3 rings (SSSR count). The van der Waals surface area contributed by atoms with Gasteiger partial charge in [0.25, 0.3) is 0 Å². The Kier molecular flexibility index (Phi) is 3.55. The number of hydrogen-bond donors (Lipinski definition) is 1. The van der Waals surface area contributed by atoms with Crippen molar-refractivity contribution in [2.75, 3.05) is 18.5 Å². The predicted octanol–water partition coefficient (Wildman–Crippen LogP) is 1.66. The lowest BCUT2D eigenvalue weighted by atomic mass is 10.2. The van der Waals surface area contributed by atoms with Crippen LogP contribution in [0.15, 0.2) is 42.6 Å². The van der Waals surface area contributed by atoms with Crippen molar-refractivity contribution in [3.63, 3.8) is 0 Å². The molecule has 108 valence electrons. The lowest BCUT2D eigenvalue weighted by molar-refractivity contribution is -0.409. The smallest absolute Gasteiger partial charge is 0.357 e. The maximum atomic E-state index is 10.9. The summed E-state index contributed by atoms with van der Waals surface area (Å²) in [7, 11) is 0. The SMILES string of the molecule is O=[N+]([O-])c1ccc[nH+]c1NC[C@H]1COc2ccccc2O1. The third-order valence-electron chi connectivity index (χ3n) is 3.10. The van der Waals surface area contributed by atoms with E-state index in [1.807, 2.05) is 24.3 Å². The Morgan fingerprint density at radius 3 is 2.90 bits per heavy atom. The van der Waals surface area contributed by atoms with Crippen LogP contribution in [-0.4, -0.2) is 24.2 Å². The molecule has 7 heteroatoms. The highest BCUT2D eigenvalue weighted by Gasteiger charge is 2.25. The average Bonchev–Trinajstić information content (AvgIpc) is 2.53. The zero-order valence-corrected chi connectivity index (χ0v) is 11.1. The average molecular weight is 288 g/mol. The van der Waals surface area contributed by atoms with Crippen LogP contribution in [-0.2, 0) is 0 Å². The van der Waals surface area contributed by atoms with Gasteiger partial charge >= 0.3 is 11.5 Å². The van der Waals surface area contributed by atoms with Gasteiger partial charge in [0.05, 0.1) is 11.1 Å². The normalized spacial score (nSPS) is 16.3. The first kappa shape index (κ1) is 13.2. The molecule has 0 unspecified atom stereocenters. The van der Waals surface area contributed by atoms with E-state index in [1.165, 1.54) is 6.07 Å². The first-order valence-corrected chi connectivity index (χ1v) is 6.51. The second-order valence-electron chi connectivity index (χ2n) is 4.57. The molecule has 1 aromatic heterocycles. The maximum Gasteiger partial charge on any atom is 0.357 e. The molecule has 2 N–H and O–H groups in total. The molecule has 0 saturated carbocycles. The summed E-state index contributed by atoms with van der Waals surface area (Å²) < 4.78 is 11.4. The second-order valence-corrected chi connectivity index (χ2v) is 4.57. The molecule has 0 bridgehead atoms. The number of fused-ring (bicyclic) bond motifs is 1. The Balaban J connectivity index is 1.66. The number of rotatable bonds is 4. The van der Waals surface area contributed by atoms with Crippen molar-refractivity contribution in [2.24, 2.45) is 0 Å². The maximum absolute atomic E-state index is 10.9. The zero-order chi connectivity index (χ0) is 14.7. The highest BCUT2D eigenvalue weighted by molar-refractivity contribution is 5.51. The standard InChI is InChI=1S/C14H13N3O4/c18-17(19)11-4-3-7-15-14(11)16-8-10-9-20-12-5-1-2-6-13(12)21-10/h1-7,10H,8-9H2,(H,15,16)/p+1/t10-/m0/s1. The number of nitrogens with zero attached hydrogens (tertiary/aromatic N) is 1. The minimum atomic E-state index is -0.438. The van der Waals surface area contributed by atoms with Crippen LogP contribution in [0.3, 0.4) is 0 Å². The van der Waals surface area contributed by atoms with Crippen molar-refractivity contribution >= 4 is 11.5 Å². The van der Waals surface area contributed by atoms with E-state index in [-0.39, 0.29) is 11.8 Å². The molecule has 0 fully saturated rings. The van der Waals surface area contributed by atoms with Gasteiger partial charge in [-0.25, -0.2) is 4.98 Å². The monoisotopic (exact) mass is 288 g/mol. The van der Waals surface area contributed by atoms with Crippen molar-refractivity contribution < 1.29 is 19.4 Å². The number of nitro groups is 1. The minimum absolute atomic E-state index is 0.00497. The Morgan fingerprint density at radius 2 is 2.10 bits per heavy atom.